The van der Waals surface area contributed by atoms with Gasteiger partial charge in [-0.15, -0.1) is 10.2 Å². The van der Waals surface area contributed by atoms with Gasteiger partial charge in [-0.1, -0.05) is 6.07 Å². The molecule has 10 heteroatoms. The normalized spacial score (nSPS) is 11.5. The molecule has 10 nitrogen and oxygen atoms in total. The molecule has 0 radical (unpaired) electrons. The van der Waals surface area contributed by atoms with Crippen molar-refractivity contribution in [2.24, 2.45) is 7.05 Å². The molecule has 2 aromatic carbocycles. The van der Waals surface area contributed by atoms with Crippen molar-refractivity contribution in [2.75, 3.05) is 19.5 Å². The number of hydrogen-bond donors (Lipinski definition) is 2. The number of rotatable bonds is 9. The standard InChI is InChI=1S/C25H27N7O3/c1-16(20-9-8-19(34-3)13-22(20)35-4)29-25(33)17-6-5-7-18(12-17)27-14-23-30-31-24(32(23)2)21-10-11-26-15-28-21/h5-13,15-16,27H,14H2,1-4H3,(H,29,33)/t16-/m0/s1. The van der Waals surface area contributed by atoms with Gasteiger partial charge in [0.15, 0.2) is 11.6 Å². The van der Waals surface area contributed by atoms with E-state index >= 15 is 0 Å². The molecule has 0 aliphatic heterocycles. The molecule has 0 bridgehead atoms. The van der Waals surface area contributed by atoms with E-state index in [1.54, 1.807) is 44.7 Å². The van der Waals surface area contributed by atoms with Crippen LogP contribution in [-0.2, 0) is 13.6 Å². The molecular weight excluding hydrogens is 446 g/mol. The van der Waals surface area contributed by atoms with Crippen LogP contribution in [0, 0.1) is 0 Å². The number of anilines is 1. The van der Waals surface area contributed by atoms with Crippen molar-refractivity contribution in [2.45, 2.75) is 19.5 Å². The number of ether oxygens (including phenoxy) is 2. The topological polar surface area (TPSA) is 116 Å². The molecule has 0 unspecified atom stereocenters. The number of carbonyl (C=O) groups is 1. The van der Waals surface area contributed by atoms with Gasteiger partial charge in [-0.25, -0.2) is 9.97 Å². The maximum absolute atomic E-state index is 12.9. The number of benzene rings is 2. The molecule has 0 aliphatic carbocycles. The Balaban J connectivity index is 1.42. The molecule has 180 valence electrons. The average Bonchev–Trinajstić information content (AvgIpc) is 3.27. The predicted molar refractivity (Wildman–Crippen MR) is 131 cm³/mol. The summed E-state index contributed by atoms with van der Waals surface area (Å²) in [5.41, 5.74) is 2.88. The van der Waals surface area contributed by atoms with Crippen LogP contribution >= 0.6 is 0 Å². The van der Waals surface area contributed by atoms with E-state index in [9.17, 15) is 4.79 Å². The van der Waals surface area contributed by atoms with Gasteiger partial charge in [0.05, 0.1) is 26.8 Å². The van der Waals surface area contributed by atoms with Crippen LogP contribution in [0.15, 0.2) is 61.1 Å². The largest absolute Gasteiger partial charge is 0.497 e. The number of nitrogens with zero attached hydrogens (tertiary/aromatic N) is 5. The Morgan fingerprint density at radius 1 is 1.09 bits per heavy atom. The molecule has 0 saturated heterocycles. The van der Waals surface area contributed by atoms with Crippen LogP contribution in [0.25, 0.3) is 11.5 Å². The van der Waals surface area contributed by atoms with Crippen LogP contribution < -0.4 is 20.1 Å². The highest BCUT2D eigenvalue weighted by Crippen LogP contribution is 2.29. The number of nitrogens with one attached hydrogen (secondary N) is 2. The molecular formula is C25H27N7O3. The first-order valence-electron chi connectivity index (χ1n) is 11.0. The second-order valence-electron chi connectivity index (χ2n) is 7.83. The summed E-state index contributed by atoms with van der Waals surface area (Å²) in [6.07, 6.45) is 3.14. The summed E-state index contributed by atoms with van der Waals surface area (Å²) in [5, 5.41) is 14.8. The molecule has 2 N–H and O–H groups in total. The summed E-state index contributed by atoms with van der Waals surface area (Å²) in [4.78, 5) is 21.1. The zero-order valence-electron chi connectivity index (χ0n) is 20.0. The number of carbonyl (C=O) groups excluding carboxylic acids is 1. The molecule has 4 aromatic rings. The van der Waals surface area contributed by atoms with Crippen molar-refractivity contribution in [1.29, 1.82) is 0 Å². The quantitative estimate of drug-likeness (QED) is 0.380. The van der Waals surface area contributed by atoms with Gasteiger partial charge in [-0.05, 0) is 43.3 Å². The molecule has 0 fully saturated rings. The number of hydrogen-bond acceptors (Lipinski definition) is 8. The summed E-state index contributed by atoms with van der Waals surface area (Å²) in [6, 6.07) is 14.3. The molecule has 0 aliphatic rings. The minimum atomic E-state index is -0.265. The van der Waals surface area contributed by atoms with Gasteiger partial charge in [-0.3, -0.25) is 4.79 Å². The second-order valence-corrected chi connectivity index (χ2v) is 7.83. The molecule has 2 heterocycles. The zero-order chi connectivity index (χ0) is 24.8. The van der Waals surface area contributed by atoms with E-state index in [1.165, 1.54) is 6.33 Å². The highest BCUT2D eigenvalue weighted by atomic mass is 16.5. The van der Waals surface area contributed by atoms with E-state index in [1.807, 2.05) is 42.8 Å². The number of amides is 1. The van der Waals surface area contributed by atoms with Crippen molar-refractivity contribution in [1.82, 2.24) is 30.0 Å². The van der Waals surface area contributed by atoms with Crippen LogP contribution in [0.5, 0.6) is 11.5 Å². The summed E-state index contributed by atoms with van der Waals surface area (Å²) in [6.45, 7) is 2.34. The monoisotopic (exact) mass is 473 g/mol. The smallest absolute Gasteiger partial charge is 0.251 e. The van der Waals surface area contributed by atoms with Crippen molar-refractivity contribution in [3.8, 4) is 23.0 Å². The maximum atomic E-state index is 12.9. The Morgan fingerprint density at radius 3 is 2.69 bits per heavy atom. The zero-order valence-corrected chi connectivity index (χ0v) is 20.0. The van der Waals surface area contributed by atoms with Gasteiger partial charge in [0.2, 0.25) is 0 Å². The predicted octanol–water partition coefficient (Wildman–Crippen LogP) is 3.39. The lowest BCUT2D eigenvalue weighted by molar-refractivity contribution is 0.0939. The fourth-order valence-corrected chi connectivity index (χ4v) is 3.65. The summed E-state index contributed by atoms with van der Waals surface area (Å²) >= 11 is 0. The molecule has 0 saturated carbocycles. The second kappa shape index (κ2) is 10.6. The van der Waals surface area contributed by atoms with Crippen LogP contribution in [0.1, 0.15) is 34.7 Å². The van der Waals surface area contributed by atoms with Gasteiger partial charge < -0.3 is 24.7 Å². The molecule has 1 amide bonds. The molecule has 1 atom stereocenters. The van der Waals surface area contributed by atoms with Crippen LogP contribution in [0.2, 0.25) is 0 Å². The molecule has 2 aromatic heterocycles. The molecule has 35 heavy (non-hydrogen) atoms. The van der Waals surface area contributed by atoms with Gasteiger partial charge in [0.1, 0.15) is 23.5 Å². The van der Waals surface area contributed by atoms with Crippen LogP contribution in [-0.4, -0.2) is 44.9 Å². The Morgan fingerprint density at radius 2 is 1.94 bits per heavy atom. The number of aromatic nitrogens is 5. The van der Waals surface area contributed by atoms with Crippen LogP contribution in [0.4, 0.5) is 5.69 Å². The van der Waals surface area contributed by atoms with E-state index in [4.69, 9.17) is 9.47 Å². The fraction of sp³-hybridized carbons (Fsp3) is 0.240. The van der Waals surface area contributed by atoms with E-state index < -0.39 is 0 Å². The summed E-state index contributed by atoms with van der Waals surface area (Å²) < 4.78 is 12.6. The van der Waals surface area contributed by atoms with Crippen molar-refractivity contribution >= 4 is 11.6 Å². The van der Waals surface area contributed by atoms with Gasteiger partial charge in [0, 0.05) is 36.1 Å². The number of methoxy groups -OCH3 is 2. The van der Waals surface area contributed by atoms with Crippen LogP contribution in [0.3, 0.4) is 0 Å². The first kappa shape index (κ1) is 23.7. The van der Waals surface area contributed by atoms with Crippen molar-refractivity contribution < 1.29 is 14.3 Å². The third-order valence-electron chi connectivity index (χ3n) is 5.61. The Labute approximate surface area is 203 Å². The maximum Gasteiger partial charge on any atom is 0.251 e. The van der Waals surface area contributed by atoms with E-state index in [0.29, 0.717) is 35.1 Å². The highest BCUT2D eigenvalue weighted by molar-refractivity contribution is 5.95. The Bertz CT molecular complexity index is 1310. The summed E-state index contributed by atoms with van der Waals surface area (Å²) in [5.74, 6) is 2.53. The highest BCUT2D eigenvalue weighted by Gasteiger charge is 2.17. The Kier molecular flexibility index (Phi) is 7.20. The summed E-state index contributed by atoms with van der Waals surface area (Å²) in [7, 11) is 5.07. The average molecular weight is 474 g/mol. The van der Waals surface area contributed by atoms with E-state index in [2.05, 4.69) is 30.8 Å². The lowest BCUT2D eigenvalue weighted by Crippen LogP contribution is -2.27. The van der Waals surface area contributed by atoms with E-state index in [0.717, 1.165) is 17.1 Å². The third kappa shape index (κ3) is 5.37. The van der Waals surface area contributed by atoms with Crippen molar-refractivity contribution in [3.63, 3.8) is 0 Å². The minimum Gasteiger partial charge on any atom is -0.497 e. The Hall–Kier alpha value is -4.47. The van der Waals surface area contributed by atoms with E-state index in [-0.39, 0.29) is 11.9 Å². The SMILES string of the molecule is COc1ccc([C@H](C)NC(=O)c2cccc(NCc3nnc(-c4ccncn4)n3C)c2)c(OC)c1. The minimum absolute atomic E-state index is 0.191. The third-order valence-corrected chi connectivity index (χ3v) is 5.61. The first-order valence-corrected chi connectivity index (χ1v) is 11.0. The van der Waals surface area contributed by atoms with Gasteiger partial charge in [-0.2, -0.15) is 0 Å². The lowest BCUT2D eigenvalue weighted by atomic mass is 10.1. The lowest BCUT2D eigenvalue weighted by Gasteiger charge is -2.18. The van der Waals surface area contributed by atoms with Gasteiger partial charge in [0.25, 0.3) is 5.91 Å². The molecule has 4 rings (SSSR count). The first-order chi connectivity index (χ1) is 17.0. The fourth-order valence-electron chi connectivity index (χ4n) is 3.65. The van der Waals surface area contributed by atoms with Gasteiger partial charge >= 0.3 is 0 Å². The van der Waals surface area contributed by atoms with Crippen molar-refractivity contribution in [3.05, 3.63) is 78.0 Å². The molecule has 0 spiro atoms.